The minimum atomic E-state index is -4.74. The molecule has 0 aliphatic carbocycles. The lowest BCUT2D eigenvalue weighted by Gasteiger charge is -2.21. The number of anilines is 3. The van der Waals surface area contributed by atoms with E-state index in [1.807, 2.05) is 42.5 Å². The van der Waals surface area contributed by atoms with Crippen molar-refractivity contribution in [2.75, 3.05) is 22.7 Å². The monoisotopic (exact) mass is 455 g/mol. The van der Waals surface area contributed by atoms with Gasteiger partial charge in [0.15, 0.2) is 5.82 Å². The topological polar surface area (TPSA) is 107 Å². The fourth-order valence-electron chi connectivity index (χ4n) is 3.07. The molecule has 170 valence electrons. The van der Waals surface area contributed by atoms with Gasteiger partial charge in [-0.1, -0.05) is 12.1 Å². The van der Waals surface area contributed by atoms with Crippen LogP contribution in [0.3, 0.4) is 0 Å². The van der Waals surface area contributed by atoms with Crippen molar-refractivity contribution < 1.29 is 17.9 Å². The molecule has 4 rings (SSSR count). The van der Waals surface area contributed by atoms with Crippen LogP contribution in [0.1, 0.15) is 0 Å². The molecule has 3 aromatic carbocycles. The molecular weight excluding hydrogens is 435 g/mol. The number of nitrogens with two attached hydrogens (primary N) is 2. The zero-order valence-corrected chi connectivity index (χ0v) is 17.2. The molecule has 0 fully saturated rings. The molecule has 0 aliphatic rings. The molecule has 1 heterocycles. The Hall–Kier alpha value is -4.25. The van der Waals surface area contributed by atoms with E-state index in [4.69, 9.17) is 11.6 Å². The van der Waals surface area contributed by atoms with Crippen molar-refractivity contribution in [3.63, 3.8) is 0 Å². The summed E-state index contributed by atoms with van der Waals surface area (Å²) in [6.07, 6.45) is -3.25. The number of hydrogen-bond acceptors (Lipinski definition) is 7. The van der Waals surface area contributed by atoms with Crippen molar-refractivity contribution in [1.29, 1.82) is 0 Å². The van der Waals surface area contributed by atoms with Gasteiger partial charge in [-0.2, -0.15) is 0 Å². The highest BCUT2D eigenvalue weighted by atomic mass is 19.4. The van der Waals surface area contributed by atoms with E-state index in [0.29, 0.717) is 23.9 Å². The van der Waals surface area contributed by atoms with Gasteiger partial charge in [-0.05, 0) is 60.7 Å². The highest BCUT2D eigenvalue weighted by molar-refractivity contribution is 5.67. The molecule has 0 spiro atoms. The van der Waals surface area contributed by atoms with Gasteiger partial charge in [0.25, 0.3) is 0 Å². The summed E-state index contributed by atoms with van der Waals surface area (Å²) in [6, 6.07) is 20.1. The number of nitrogens with zero attached hydrogens (tertiary/aromatic N) is 4. The van der Waals surface area contributed by atoms with E-state index in [-0.39, 0.29) is 5.75 Å². The average Bonchev–Trinajstić information content (AvgIpc) is 3.28. The normalized spacial score (nSPS) is 11.3. The van der Waals surface area contributed by atoms with Gasteiger partial charge in [-0.15, -0.1) is 18.3 Å². The summed E-state index contributed by atoms with van der Waals surface area (Å²) in [5.74, 6) is 6.23. The maximum Gasteiger partial charge on any atom is 0.573 e. The first-order chi connectivity index (χ1) is 15.8. The van der Waals surface area contributed by atoms with Crippen LogP contribution in [-0.2, 0) is 0 Å². The number of aromatic nitrogens is 3. The molecule has 0 radical (unpaired) electrons. The lowest BCUT2D eigenvalue weighted by atomic mass is 10.2. The molecule has 5 N–H and O–H groups in total. The van der Waals surface area contributed by atoms with E-state index >= 15 is 0 Å². The van der Waals surface area contributed by atoms with Gasteiger partial charge in [0.05, 0.1) is 17.1 Å². The Balaban J connectivity index is 1.39. The van der Waals surface area contributed by atoms with Crippen molar-refractivity contribution in [2.45, 2.75) is 6.36 Å². The van der Waals surface area contributed by atoms with Gasteiger partial charge in [-0.25, -0.2) is 15.5 Å². The Kier molecular flexibility index (Phi) is 6.05. The largest absolute Gasteiger partial charge is 0.573 e. The van der Waals surface area contributed by atoms with Crippen LogP contribution in [0.5, 0.6) is 5.75 Å². The Morgan fingerprint density at radius 3 is 2.33 bits per heavy atom. The van der Waals surface area contributed by atoms with Crippen molar-refractivity contribution in [1.82, 2.24) is 14.8 Å². The predicted octanol–water partition coefficient (Wildman–Crippen LogP) is 4.16. The van der Waals surface area contributed by atoms with Gasteiger partial charge in [0, 0.05) is 11.3 Å². The van der Waals surface area contributed by atoms with Gasteiger partial charge in [0.2, 0.25) is 0 Å². The number of halogens is 3. The first-order valence-corrected chi connectivity index (χ1v) is 9.77. The van der Waals surface area contributed by atoms with Gasteiger partial charge >= 0.3 is 6.36 Å². The van der Waals surface area contributed by atoms with Gasteiger partial charge < -0.3 is 15.8 Å². The molecule has 0 saturated heterocycles. The van der Waals surface area contributed by atoms with Crippen LogP contribution in [0.4, 0.5) is 30.2 Å². The summed E-state index contributed by atoms with van der Waals surface area (Å²) in [5.41, 5.74) is 9.39. The lowest BCUT2D eigenvalue weighted by Crippen LogP contribution is -2.36. The van der Waals surface area contributed by atoms with Crippen LogP contribution in [0.2, 0.25) is 0 Å². The summed E-state index contributed by atoms with van der Waals surface area (Å²) in [4.78, 5) is 4.28. The van der Waals surface area contributed by atoms with Crippen LogP contribution in [0, 0.1) is 0 Å². The van der Waals surface area contributed by atoms with Crippen LogP contribution < -0.4 is 26.6 Å². The van der Waals surface area contributed by atoms with E-state index < -0.39 is 6.36 Å². The van der Waals surface area contributed by atoms with E-state index in [0.717, 1.165) is 16.9 Å². The number of benzene rings is 3. The number of hydrazine groups is 1. The molecule has 0 amide bonds. The molecule has 0 aliphatic heterocycles. The minimum absolute atomic E-state index is 0.305. The molecule has 1 aromatic heterocycles. The number of nitrogens with one attached hydrogen (secondary N) is 1. The van der Waals surface area contributed by atoms with E-state index in [9.17, 15) is 13.2 Å². The van der Waals surface area contributed by atoms with E-state index in [2.05, 4.69) is 20.1 Å². The fourth-order valence-corrected chi connectivity index (χ4v) is 3.07. The molecule has 4 aromatic rings. The third kappa shape index (κ3) is 5.52. The van der Waals surface area contributed by atoms with Crippen molar-refractivity contribution >= 4 is 17.1 Å². The van der Waals surface area contributed by atoms with Crippen molar-refractivity contribution in [3.05, 3.63) is 79.1 Å². The lowest BCUT2D eigenvalue weighted by molar-refractivity contribution is -0.274. The number of hydrogen-bond donors (Lipinski definition) is 3. The van der Waals surface area contributed by atoms with Crippen molar-refractivity contribution in [3.8, 4) is 22.8 Å². The predicted molar refractivity (Wildman–Crippen MR) is 119 cm³/mol. The van der Waals surface area contributed by atoms with E-state index in [1.165, 1.54) is 40.3 Å². The SMILES string of the molecule is Nc1ccccc1N(N)CNc1ccc(-c2ncn(-c3ccc(OC(F)(F)F)cc3)n2)cc1. The fraction of sp³-hybridized carbons (Fsp3) is 0.0909. The van der Waals surface area contributed by atoms with Crippen LogP contribution in [0.25, 0.3) is 17.1 Å². The van der Waals surface area contributed by atoms with Crippen molar-refractivity contribution in [2.24, 2.45) is 5.84 Å². The maximum absolute atomic E-state index is 12.3. The summed E-state index contributed by atoms with van der Waals surface area (Å²) >= 11 is 0. The zero-order valence-electron chi connectivity index (χ0n) is 17.2. The molecular formula is C22H20F3N7O. The summed E-state index contributed by atoms with van der Waals surface area (Å²) in [5, 5.41) is 9.11. The quantitative estimate of drug-likeness (QED) is 0.166. The standard InChI is InChI=1S/C22H20F3N7O/c23-22(24,25)33-18-11-9-17(10-12-18)32-14-29-21(30-32)15-5-7-16(8-6-15)28-13-31(27)20-4-2-1-3-19(20)26/h1-12,14,28H,13,26-27H2. The van der Waals surface area contributed by atoms with Crippen LogP contribution >= 0.6 is 0 Å². The van der Waals surface area contributed by atoms with Gasteiger partial charge in [0.1, 0.15) is 18.7 Å². The number of rotatable bonds is 7. The third-order valence-electron chi connectivity index (χ3n) is 4.67. The molecule has 8 nitrogen and oxygen atoms in total. The van der Waals surface area contributed by atoms with Crippen LogP contribution in [-0.4, -0.2) is 27.8 Å². The Morgan fingerprint density at radius 1 is 0.970 bits per heavy atom. The summed E-state index contributed by atoms with van der Waals surface area (Å²) < 4.78 is 42.2. The Labute approximate surface area is 187 Å². The second kappa shape index (κ2) is 9.09. The number of para-hydroxylation sites is 2. The number of alkyl halides is 3. The number of ether oxygens (including phenoxy) is 1. The highest BCUT2D eigenvalue weighted by Gasteiger charge is 2.31. The van der Waals surface area contributed by atoms with E-state index in [1.54, 1.807) is 6.07 Å². The Bertz CT molecular complexity index is 1210. The Morgan fingerprint density at radius 2 is 1.67 bits per heavy atom. The first-order valence-electron chi connectivity index (χ1n) is 9.77. The summed E-state index contributed by atoms with van der Waals surface area (Å²) in [6.45, 7) is 0.342. The minimum Gasteiger partial charge on any atom is -0.406 e. The molecule has 0 unspecified atom stereocenters. The first kappa shape index (κ1) is 22.0. The van der Waals surface area contributed by atoms with Crippen LogP contribution in [0.15, 0.2) is 79.1 Å². The molecule has 0 atom stereocenters. The smallest absolute Gasteiger partial charge is 0.406 e. The molecule has 33 heavy (non-hydrogen) atoms. The average molecular weight is 455 g/mol. The zero-order chi connectivity index (χ0) is 23.4. The third-order valence-corrected chi connectivity index (χ3v) is 4.67. The van der Waals surface area contributed by atoms with Gasteiger partial charge in [-0.3, -0.25) is 5.01 Å². The molecule has 0 bridgehead atoms. The summed E-state index contributed by atoms with van der Waals surface area (Å²) in [7, 11) is 0. The number of nitrogen functional groups attached to an aromatic ring is 1. The highest BCUT2D eigenvalue weighted by Crippen LogP contribution is 2.24. The maximum atomic E-state index is 12.3. The molecule has 0 saturated carbocycles. The second-order valence-electron chi connectivity index (χ2n) is 7.00. The second-order valence-corrected chi connectivity index (χ2v) is 7.00. The molecule has 11 heteroatoms.